The van der Waals surface area contributed by atoms with Crippen LogP contribution in [0.4, 0.5) is 0 Å². The van der Waals surface area contributed by atoms with Gasteiger partial charge in [-0.2, -0.15) is 5.10 Å². The number of nitrogens with zero attached hydrogens (tertiary/aromatic N) is 3. The van der Waals surface area contributed by atoms with Gasteiger partial charge in [0.25, 0.3) is 0 Å². The first-order chi connectivity index (χ1) is 14.1. The number of aryl methyl sites for hydroxylation is 2. The molecule has 0 aliphatic rings. The van der Waals surface area contributed by atoms with Gasteiger partial charge in [-0.15, -0.1) is 0 Å². The number of benzene rings is 2. The highest BCUT2D eigenvalue weighted by Gasteiger charge is 2.22. The Morgan fingerprint density at radius 3 is 2.66 bits per heavy atom. The Labute approximate surface area is 171 Å². The molecule has 0 bridgehead atoms. The van der Waals surface area contributed by atoms with E-state index < -0.39 is 11.7 Å². The summed E-state index contributed by atoms with van der Waals surface area (Å²) >= 11 is 6.38. The lowest BCUT2D eigenvalue weighted by atomic mass is 10.2. The molecule has 2 aromatic heterocycles. The van der Waals surface area contributed by atoms with Gasteiger partial charge in [-0.3, -0.25) is 4.57 Å². The summed E-state index contributed by atoms with van der Waals surface area (Å²) in [5.74, 6) is -0.973. The minimum absolute atomic E-state index is 0.136. The van der Waals surface area contributed by atoms with Crippen LogP contribution in [-0.4, -0.2) is 26.9 Å². The van der Waals surface area contributed by atoms with Crippen molar-refractivity contribution < 1.29 is 13.9 Å². The molecular weight excluding hydrogens is 394 g/mol. The number of fused-ring (bicyclic) bond motifs is 1. The molecule has 0 aliphatic heterocycles. The Morgan fingerprint density at radius 2 is 1.86 bits per heavy atom. The third-order valence-electron chi connectivity index (χ3n) is 4.54. The van der Waals surface area contributed by atoms with Gasteiger partial charge in [-0.25, -0.2) is 14.3 Å². The number of halogens is 1. The molecule has 0 spiro atoms. The van der Waals surface area contributed by atoms with E-state index in [1.165, 1.54) is 9.25 Å². The maximum absolute atomic E-state index is 12.5. The van der Waals surface area contributed by atoms with Crippen molar-refractivity contribution in [2.45, 2.75) is 19.9 Å². The fourth-order valence-corrected chi connectivity index (χ4v) is 3.51. The number of carbonyl (C=O) groups is 1. The maximum atomic E-state index is 12.5. The minimum Gasteiger partial charge on any atom is -0.462 e. The van der Waals surface area contributed by atoms with Crippen LogP contribution in [0.25, 0.3) is 16.8 Å². The number of ether oxygens (including phenoxy) is 1. The number of hydrogen-bond donors (Lipinski definition) is 0. The molecule has 0 aliphatic carbocycles. The normalized spacial score (nSPS) is 11.1. The molecule has 148 valence electrons. The highest BCUT2D eigenvalue weighted by atomic mass is 35.5. The molecule has 8 heteroatoms. The molecule has 0 atom stereocenters. The van der Waals surface area contributed by atoms with E-state index >= 15 is 0 Å². The zero-order valence-electron chi connectivity index (χ0n) is 15.7. The van der Waals surface area contributed by atoms with E-state index in [1.807, 2.05) is 42.5 Å². The van der Waals surface area contributed by atoms with Crippen molar-refractivity contribution in [2.75, 3.05) is 6.61 Å². The van der Waals surface area contributed by atoms with E-state index in [0.717, 1.165) is 5.69 Å². The molecular formula is C21H18ClN3O4. The summed E-state index contributed by atoms with van der Waals surface area (Å²) in [6.07, 6.45) is 0.457. The highest BCUT2D eigenvalue weighted by Crippen LogP contribution is 2.24. The molecule has 0 saturated carbocycles. The molecule has 4 aromatic rings. The summed E-state index contributed by atoms with van der Waals surface area (Å²) < 4.78 is 13.6. The Balaban J connectivity index is 1.42. The second kappa shape index (κ2) is 7.97. The number of esters is 1. The topological polar surface area (TPSA) is 79.3 Å². The van der Waals surface area contributed by atoms with E-state index in [-0.39, 0.29) is 17.3 Å². The van der Waals surface area contributed by atoms with Crippen LogP contribution in [0.3, 0.4) is 0 Å². The van der Waals surface area contributed by atoms with Crippen LogP contribution in [-0.2, 0) is 11.3 Å². The van der Waals surface area contributed by atoms with Crippen LogP contribution in [0.15, 0.2) is 63.8 Å². The number of rotatable bonds is 6. The summed E-state index contributed by atoms with van der Waals surface area (Å²) in [6.45, 7) is 2.22. The zero-order chi connectivity index (χ0) is 20.4. The third-order valence-corrected chi connectivity index (χ3v) is 4.89. The van der Waals surface area contributed by atoms with Crippen LogP contribution in [0, 0.1) is 6.92 Å². The lowest BCUT2D eigenvalue weighted by Gasteiger charge is -2.06. The Morgan fingerprint density at radius 1 is 1.14 bits per heavy atom. The molecule has 0 saturated heterocycles. The van der Waals surface area contributed by atoms with Crippen LogP contribution in [0.2, 0.25) is 5.15 Å². The van der Waals surface area contributed by atoms with Crippen molar-refractivity contribution in [1.82, 2.24) is 14.3 Å². The molecule has 0 fully saturated rings. The molecule has 0 amide bonds. The van der Waals surface area contributed by atoms with Gasteiger partial charge >= 0.3 is 11.7 Å². The van der Waals surface area contributed by atoms with Gasteiger partial charge in [0, 0.05) is 6.54 Å². The van der Waals surface area contributed by atoms with Gasteiger partial charge in [0.05, 0.1) is 23.5 Å². The molecule has 0 N–H and O–H groups in total. The smallest absolute Gasteiger partial charge is 0.419 e. The van der Waals surface area contributed by atoms with E-state index in [4.69, 9.17) is 20.8 Å². The quantitative estimate of drug-likeness (QED) is 0.354. The van der Waals surface area contributed by atoms with Gasteiger partial charge in [0.15, 0.2) is 5.58 Å². The summed E-state index contributed by atoms with van der Waals surface area (Å²) in [5.41, 5.74) is 2.73. The Hall–Kier alpha value is -3.32. The molecule has 4 rings (SSSR count). The van der Waals surface area contributed by atoms with Gasteiger partial charge < -0.3 is 9.15 Å². The van der Waals surface area contributed by atoms with Gasteiger partial charge in [-0.1, -0.05) is 41.9 Å². The third kappa shape index (κ3) is 3.69. The van der Waals surface area contributed by atoms with Crippen LogP contribution >= 0.6 is 11.6 Å². The average molecular weight is 412 g/mol. The average Bonchev–Trinajstić information content (AvgIpc) is 3.21. The maximum Gasteiger partial charge on any atom is 0.419 e. The van der Waals surface area contributed by atoms with Gasteiger partial charge in [0.1, 0.15) is 10.7 Å². The second-order valence-electron chi connectivity index (χ2n) is 6.48. The largest absolute Gasteiger partial charge is 0.462 e. The second-order valence-corrected chi connectivity index (χ2v) is 6.83. The summed E-state index contributed by atoms with van der Waals surface area (Å²) in [4.78, 5) is 24.5. The van der Waals surface area contributed by atoms with Crippen LogP contribution in [0.1, 0.15) is 22.5 Å². The lowest BCUT2D eigenvalue weighted by Crippen LogP contribution is -2.16. The lowest BCUT2D eigenvalue weighted by molar-refractivity contribution is 0.0495. The van der Waals surface area contributed by atoms with Crippen LogP contribution in [0.5, 0.6) is 0 Å². The van der Waals surface area contributed by atoms with Crippen molar-refractivity contribution in [1.29, 1.82) is 0 Å². The number of aromatic nitrogens is 3. The first kappa shape index (κ1) is 19.0. The summed E-state index contributed by atoms with van der Waals surface area (Å²) in [5, 5.41) is 4.55. The van der Waals surface area contributed by atoms with Crippen molar-refractivity contribution in [3.8, 4) is 5.69 Å². The van der Waals surface area contributed by atoms with Crippen molar-refractivity contribution in [3.63, 3.8) is 0 Å². The molecule has 0 unspecified atom stereocenters. The fourth-order valence-electron chi connectivity index (χ4n) is 3.16. The molecule has 2 heterocycles. The molecule has 2 aromatic carbocycles. The summed E-state index contributed by atoms with van der Waals surface area (Å²) in [7, 11) is 0. The van der Waals surface area contributed by atoms with E-state index in [2.05, 4.69) is 5.10 Å². The molecule has 7 nitrogen and oxygen atoms in total. The van der Waals surface area contributed by atoms with Gasteiger partial charge in [0.2, 0.25) is 0 Å². The SMILES string of the molecule is Cc1nn(-c2ccccc2)c(Cl)c1C(=O)OCCCn1c(=O)oc2ccccc21. The zero-order valence-corrected chi connectivity index (χ0v) is 16.4. The van der Waals surface area contributed by atoms with Crippen molar-refractivity contribution in [2.24, 2.45) is 0 Å². The van der Waals surface area contributed by atoms with Crippen molar-refractivity contribution >= 4 is 28.7 Å². The van der Waals surface area contributed by atoms with Crippen LogP contribution < -0.4 is 5.76 Å². The minimum atomic E-state index is -0.543. The Bertz CT molecular complexity index is 1220. The number of para-hydroxylation sites is 3. The first-order valence-corrected chi connectivity index (χ1v) is 9.50. The summed E-state index contributed by atoms with van der Waals surface area (Å²) in [6, 6.07) is 16.5. The van der Waals surface area contributed by atoms with E-state index in [1.54, 1.807) is 19.1 Å². The standard InChI is InChI=1S/C21H18ClN3O4/c1-14-18(19(22)25(23-14)15-8-3-2-4-9-15)20(26)28-13-7-12-24-16-10-5-6-11-17(16)29-21(24)27/h2-6,8-11H,7,12-13H2,1H3. The van der Waals surface area contributed by atoms with Gasteiger partial charge in [-0.05, 0) is 37.6 Å². The van der Waals surface area contributed by atoms with E-state index in [9.17, 15) is 9.59 Å². The fraction of sp³-hybridized carbons (Fsp3) is 0.190. The Kier molecular flexibility index (Phi) is 5.22. The number of carbonyl (C=O) groups excluding carboxylic acids is 1. The molecule has 0 radical (unpaired) electrons. The predicted octanol–water partition coefficient (Wildman–Crippen LogP) is 3.99. The predicted molar refractivity (Wildman–Crippen MR) is 109 cm³/mol. The van der Waals surface area contributed by atoms with Crippen molar-refractivity contribution in [3.05, 3.63) is 81.6 Å². The first-order valence-electron chi connectivity index (χ1n) is 9.12. The van der Waals surface area contributed by atoms with E-state index in [0.29, 0.717) is 29.8 Å². The monoisotopic (exact) mass is 411 g/mol. The number of hydrogen-bond acceptors (Lipinski definition) is 5. The number of oxazole rings is 1. The molecule has 29 heavy (non-hydrogen) atoms. The highest BCUT2D eigenvalue weighted by molar-refractivity contribution is 6.33.